The van der Waals surface area contributed by atoms with E-state index in [4.69, 9.17) is 18.9 Å². The minimum atomic E-state index is -0.813. The van der Waals surface area contributed by atoms with Crippen LogP contribution in [0.1, 0.15) is 86.0 Å². The van der Waals surface area contributed by atoms with Crippen molar-refractivity contribution in [3.63, 3.8) is 0 Å². The van der Waals surface area contributed by atoms with Crippen molar-refractivity contribution < 1.29 is 33.6 Å². The van der Waals surface area contributed by atoms with E-state index in [1.54, 1.807) is 18.2 Å². The standard InChI is InChI=1S/C30H36O7/c1-16(2)10-22(31)21-8-9-23-25(27(21)34-5)28(32)35-15-19-11-17(3)12-24(26(19)36-23)37-29(33)30(4)14-18-6-7-20(30)13-18/h8-9,11-12,16,18,20,22,31H,6-7,10,13-15H2,1-5H3/t18-,20+,22-,30-/m0/s1. The van der Waals surface area contributed by atoms with Crippen LogP contribution in [0.15, 0.2) is 24.3 Å². The van der Waals surface area contributed by atoms with Gasteiger partial charge < -0.3 is 24.1 Å². The van der Waals surface area contributed by atoms with E-state index in [0.717, 1.165) is 24.8 Å². The molecule has 0 amide bonds. The lowest BCUT2D eigenvalue weighted by Gasteiger charge is -2.31. The van der Waals surface area contributed by atoms with Crippen LogP contribution < -0.4 is 14.2 Å². The summed E-state index contributed by atoms with van der Waals surface area (Å²) in [5.41, 5.74) is 1.57. The van der Waals surface area contributed by atoms with Crippen LogP contribution in [0.25, 0.3) is 0 Å². The Morgan fingerprint density at radius 2 is 2.03 bits per heavy atom. The molecule has 2 bridgehead atoms. The van der Waals surface area contributed by atoms with E-state index in [0.29, 0.717) is 40.9 Å². The van der Waals surface area contributed by atoms with Crippen molar-refractivity contribution in [2.24, 2.45) is 23.2 Å². The summed E-state index contributed by atoms with van der Waals surface area (Å²) in [6.07, 6.45) is 3.88. The Bertz CT molecular complexity index is 1230. The molecule has 0 aromatic heterocycles. The first-order valence-electron chi connectivity index (χ1n) is 13.2. The molecule has 3 aliphatic rings. The predicted molar refractivity (Wildman–Crippen MR) is 137 cm³/mol. The van der Waals surface area contributed by atoms with Crippen LogP contribution in [0.2, 0.25) is 0 Å². The number of methoxy groups -OCH3 is 1. The number of hydrogen-bond donors (Lipinski definition) is 1. The van der Waals surface area contributed by atoms with E-state index in [-0.39, 0.29) is 35.6 Å². The van der Waals surface area contributed by atoms with Crippen molar-refractivity contribution in [3.05, 3.63) is 46.5 Å². The van der Waals surface area contributed by atoms with Gasteiger partial charge in [-0.05, 0) is 87.1 Å². The number of hydrogen-bond acceptors (Lipinski definition) is 7. The number of rotatable bonds is 6. The fraction of sp³-hybridized carbons (Fsp3) is 0.533. The van der Waals surface area contributed by atoms with Gasteiger partial charge in [0, 0.05) is 11.1 Å². The highest BCUT2D eigenvalue weighted by Crippen LogP contribution is 2.56. The van der Waals surface area contributed by atoms with Gasteiger partial charge >= 0.3 is 11.9 Å². The average Bonchev–Trinajstić information content (AvgIpc) is 3.43. The molecule has 2 fully saturated rings. The number of cyclic esters (lactones) is 1. The molecule has 7 nitrogen and oxygen atoms in total. The molecule has 2 saturated carbocycles. The Morgan fingerprint density at radius 3 is 2.68 bits per heavy atom. The summed E-state index contributed by atoms with van der Waals surface area (Å²) >= 11 is 0. The lowest BCUT2D eigenvalue weighted by molar-refractivity contribution is -0.148. The second-order valence-corrected chi connectivity index (χ2v) is 11.5. The number of aliphatic hydroxyl groups is 1. The Kier molecular flexibility index (Phi) is 6.69. The van der Waals surface area contributed by atoms with Crippen LogP contribution in [0.4, 0.5) is 0 Å². The second-order valence-electron chi connectivity index (χ2n) is 11.5. The lowest BCUT2D eigenvalue weighted by atomic mass is 9.75. The predicted octanol–water partition coefficient (Wildman–Crippen LogP) is 6.28. The molecular weight excluding hydrogens is 472 g/mol. The van der Waals surface area contributed by atoms with Crippen molar-refractivity contribution in [2.75, 3.05) is 7.11 Å². The molecule has 0 spiro atoms. The van der Waals surface area contributed by atoms with Gasteiger partial charge in [-0.1, -0.05) is 20.3 Å². The molecule has 0 unspecified atom stereocenters. The van der Waals surface area contributed by atoms with E-state index >= 15 is 0 Å². The molecule has 198 valence electrons. The van der Waals surface area contributed by atoms with Crippen LogP contribution in [0.5, 0.6) is 23.0 Å². The van der Waals surface area contributed by atoms with Crippen molar-refractivity contribution in [1.29, 1.82) is 0 Å². The van der Waals surface area contributed by atoms with Crippen LogP contribution in [-0.4, -0.2) is 24.2 Å². The highest BCUT2D eigenvalue weighted by atomic mass is 16.6. The number of aryl methyl sites for hydroxylation is 1. The van der Waals surface area contributed by atoms with Crippen LogP contribution in [0, 0.1) is 30.1 Å². The first kappa shape index (κ1) is 25.6. The maximum absolute atomic E-state index is 13.5. The van der Waals surface area contributed by atoms with Crippen molar-refractivity contribution in [2.45, 2.75) is 72.5 Å². The van der Waals surface area contributed by atoms with Crippen molar-refractivity contribution in [3.8, 4) is 23.0 Å². The monoisotopic (exact) mass is 508 g/mol. The summed E-state index contributed by atoms with van der Waals surface area (Å²) in [5.74, 6) is 1.44. The smallest absolute Gasteiger partial charge is 0.346 e. The van der Waals surface area contributed by atoms with E-state index in [2.05, 4.69) is 0 Å². The third-order valence-corrected chi connectivity index (χ3v) is 8.28. The molecule has 37 heavy (non-hydrogen) atoms. The zero-order chi connectivity index (χ0) is 26.5. The van der Waals surface area contributed by atoms with Crippen LogP contribution >= 0.6 is 0 Å². The first-order chi connectivity index (χ1) is 17.6. The number of aliphatic hydroxyl groups excluding tert-OH is 1. The van der Waals surface area contributed by atoms with Crippen molar-refractivity contribution >= 4 is 11.9 Å². The Morgan fingerprint density at radius 1 is 1.24 bits per heavy atom. The average molecular weight is 509 g/mol. The number of carbonyl (C=O) groups excluding carboxylic acids is 2. The highest BCUT2D eigenvalue weighted by molar-refractivity contribution is 5.97. The van der Waals surface area contributed by atoms with E-state index < -0.39 is 17.5 Å². The van der Waals surface area contributed by atoms with Gasteiger partial charge in [0.2, 0.25) is 0 Å². The Hall–Kier alpha value is -3.06. The van der Waals surface area contributed by atoms with Gasteiger partial charge in [-0.2, -0.15) is 0 Å². The number of esters is 2. The zero-order valence-corrected chi connectivity index (χ0v) is 22.3. The van der Waals surface area contributed by atoms with E-state index in [1.165, 1.54) is 13.5 Å². The summed E-state index contributed by atoms with van der Waals surface area (Å²) in [5, 5.41) is 10.8. The maximum atomic E-state index is 13.5. The third-order valence-electron chi connectivity index (χ3n) is 8.28. The van der Waals surface area contributed by atoms with E-state index in [1.807, 2.05) is 33.8 Å². The van der Waals surface area contributed by atoms with Gasteiger partial charge in [0.25, 0.3) is 0 Å². The van der Waals surface area contributed by atoms with Crippen molar-refractivity contribution in [1.82, 2.24) is 0 Å². The van der Waals surface area contributed by atoms with E-state index in [9.17, 15) is 14.7 Å². The molecular formula is C30H36O7. The van der Waals surface area contributed by atoms with Gasteiger partial charge in [0.1, 0.15) is 23.7 Å². The molecule has 1 heterocycles. The minimum Gasteiger partial charge on any atom is -0.495 e. The summed E-state index contributed by atoms with van der Waals surface area (Å²) in [7, 11) is 1.45. The number of benzene rings is 2. The molecule has 0 saturated heterocycles. The third kappa shape index (κ3) is 4.58. The summed E-state index contributed by atoms with van der Waals surface area (Å²) in [4.78, 5) is 26.6. The number of carbonyl (C=O) groups is 2. The van der Waals surface area contributed by atoms with Gasteiger partial charge in [-0.25, -0.2) is 4.79 Å². The van der Waals surface area contributed by atoms with Crippen LogP contribution in [-0.2, 0) is 16.1 Å². The molecule has 1 N–H and O–H groups in total. The molecule has 1 aliphatic heterocycles. The largest absolute Gasteiger partial charge is 0.495 e. The summed E-state index contributed by atoms with van der Waals surface area (Å²) < 4.78 is 23.6. The summed E-state index contributed by atoms with van der Waals surface area (Å²) in [6.45, 7) is 7.89. The molecule has 2 aromatic carbocycles. The Balaban J connectivity index is 1.53. The maximum Gasteiger partial charge on any atom is 0.346 e. The second kappa shape index (κ2) is 9.67. The minimum absolute atomic E-state index is 0.0519. The SMILES string of the molecule is COc1c([C@@H](O)CC(C)C)ccc2c1C(=O)OCc1cc(C)cc(OC(=O)[C@@]3(C)C[C@H]4CC[C@@H]3C4)c1O2. The summed E-state index contributed by atoms with van der Waals surface area (Å²) in [6, 6.07) is 6.99. The molecule has 4 atom stereocenters. The molecule has 7 heteroatoms. The van der Waals surface area contributed by atoms with Gasteiger partial charge in [0.05, 0.1) is 18.6 Å². The number of ether oxygens (including phenoxy) is 4. The van der Waals surface area contributed by atoms with Gasteiger partial charge in [-0.15, -0.1) is 0 Å². The quantitative estimate of drug-likeness (QED) is 0.363. The number of fused-ring (bicyclic) bond motifs is 4. The zero-order valence-electron chi connectivity index (χ0n) is 22.3. The highest BCUT2D eigenvalue weighted by Gasteiger charge is 2.53. The first-order valence-corrected chi connectivity index (χ1v) is 13.2. The molecule has 5 rings (SSSR count). The Labute approximate surface area is 218 Å². The fourth-order valence-electron chi connectivity index (χ4n) is 6.42. The lowest BCUT2D eigenvalue weighted by Crippen LogP contribution is -2.37. The molecule has 2 aromatic rings. The molecule has 2 aliphatic carbocycles. The fourth-order valence-corrected chi connectivity index (χ4v) is 6.42. The van der Waals surface area contributed by atoms with Crippen LogP contribution in [0.3, 0.4) is 0 Å². The van der Waals surface area contributed by atoms with Gasteiger partial charge in [-0.3, -0.25) is 4.79 Å². The normalized spacial score (nSPS) is 24.9. The topological polar surface area (TPSA) is 91.3 Å². The molecule has 0 radical (unpaired) electrons. The van der Waals surface area contributed by atoms with Gasteiger partial charge in [0.15, 0.2) is 11.5 Å².